The Morgan fingerprint density at radius 1 is 1.00 bits per heavy atom. The predicted octanol–water partition coefficient (Wildman–Crippen LogP) is 4.34. The molecule has 2 aromatic carbocycles. The molecule has 2 aliphatic rings. The average molecular weight is 572 g/mol. The van der Waals surface area contributed by atoms with Gasteiger partial charge in [-0.25, -0.2) is 8.42 Å². The van der Waals surface area contributed by atoms with Crippen LogP contribution in [-0.4, -0.2) is 85.9 Å². The van der Waals surface area contributed by atoms with Crippen molar-refractivity contribution in [3.63, 3.8) is 0 Å². The number of sulfonamides is 1. The molecule has 2 fully saturated rings. The summed E-state index contributed by atoms with van der Waals surface area (Å²) in [7, 11) is -1.66. The van der Waals surface area contributed by atoms with E-state index >= 15 is 0 Å². The van der Waals surface area contributed by atoms with E-state index in [0.717, 1.165) is 50.2 Å². The molecule has 39 heavy (non-hydrogen) atoms. The molecule has 0 aliphatic carbocycles. The van der Waals surface area contributed by atoms with E-state index in [1.165, 1.54) is 12.8 Å². The Balaban J connectivity index is 1.25. The number of fused-ring (bicyclic) bond motifs is 1. The van der Waals surface area contributed by atoms with Crippen LogP contribution < -0.4 is 4.72 Å². The molecule has 2 saturated heterocycles. The summed E-state index contributed by atoms with van der Waals surface area (Å²) >= 11 is 6.19. The number of piperazine rings is 1. The number of hydrogen-bond donors (Lipinski definition) is 1. The van der Waals surface area contributed by atoms with E-state index in [9.17, 15) is 13.2 Å². The van der Waals surface area contributed by atoms with E-state index in [-0.39, 0.29) is 10.8 Å². The van der Waals surface area contributed by atoms with E-state index < -0.39 is 10.0 Å². The number of carbonyl (C=O) groups is 1. The normalized spacial score (nSPS) is 18.1. The van der Waals surface area contributed by atoms with Crippen LogP contribution in [0.25, 0.3) is 10.9 Å². The van der Waals surface area contributed by atoms with Gasteiger partial charge in [0.05, 0.1) is 16.1 Å². The molecule has 1 N–H and O–H groups in total. The zero-order valence-electron chi connectivity index (χ0n) is 23.0. The molecule has 1 amide bonds. The van der Waals surface area contributed by atoms with Crippen LogP contribution in [0.15, 0.2) is 47.5 Å². The fraction of sp³-hybridized carbons (Fsp3) is 0.483. The van der Waals surface area contributed by atoms with E-state index in [0.29, 0.717) is 40.8 Å². The Kier molecular flexibility index (Phi) is 8.24. The van der Waals surface area contributed by atoms with Crippen molar-refractivity contribution in [2.24, 2.45) is 0 Å². The molecule has 0 bridgehead atoms. The number of benzene rings is 2. The number of nitrogens with one attached hydrogen (secondary N) is 1. The number of piperidine rings is 1. The van der Waals surface area contributed by atoms with Gasteiger partial charge >= 0.3 is 0 Å². The Hall–Kier alpha value is -2.59. The van der Waals surface area contributed by atoms with Crippen LogP contribution in [0.4, 0.5) is 5.69 Å². The van der Waals surface area contributed by atoms with Gasteiger partial charge < -0.3 is 14.4 Å². The van der Waals surface area contributed by atoms with Crippen molar-refractivity contribution in [3.8, 4) is 0 Å². The van der Waals surface area contributed by atoms with Crippen LogP contribution in [-0.2, 0) is 21.4 Å². The number of para-hydroxylation sites is 1. The van der Waals surface area contributed by atoms with Crippen molar-refractivity contribution in [2.45, 2.75) is 50.6 Å². The smallest absolute Gasteiger partial charge is 0.262 e. The van der Waals surface area contributed by atoms with Crippen LogP contribution in [0.3, 0.4) is 0 Å². The summed E-state index contributed by atoms with van der Waals surface area (Å²) in [6.07, 6.45) is 4.70. The highest BCUT2D eigenvalue weighted by Crippen LogP contribution is 2.30. The van der Waals surface area contributed by atoms with Crippen molar-refractivity contribution >= 4 is 44.1 Å². The topological polar surface area (TPSA) is 77.9 Å². The third-order valence-electron chi connectivity index (χ3n) is 8.22. The number of amides is 1. The SMILES string of the molecule is Cc1cc(S(=O)(=O)Nc2cccc3ccn(CCC(=O)N4CCN(C5CCN(C)CC5)CC4)c23)c(C)cc1Cl. The Morgan fingerprint density at radius 2 is 1.72 bits per heavy atom. The van der Waals surface area contributed by atoms with Crippen molar-refractivity contribution < 1.29 is 13.2 Å². The summed E-state index contributed by atoms with van der Waals surface area (Å²) < 4.78 is 31.5. The van der Waals surface area contributed by atoms with Crippen molar-refractivity contribution in [3.05, 3.63) is 58.7 Å². The third kappa shape index (κ3) is 6.11. The van der Waals surface area contributed by atoms with Gasteiger partial charge in [0, 0.05) is 61.8 Å². The minimum Gasteiger partial charge on any atom is -0.345 e. The molecule has 8 nitrogen and oxygen atoms in total. The van der Waals surface area contributed by atoms with Crippen molar-refractivity contribution in [1.29, 1.82) is 0 Å². The van der Waals surface area contributed by atoms with Gasteiger partial charge in [0.15, 0.2) is 0 Å². The number of carbonyl (C=O) groups excluding carboxylic acids is 1. The predicted molar refractivity (Wildman–Crippen MR) is 157 cm³/mol. The fourth-order valence-electron chi connectivity index (χ4n) is 5.84. The highest BCUT2D eigenvalue weighted by Gasteiger charge is 2.28. The number of nitrogens with zero attached hydrogens (tertiary/aromatic N) is 4. The minimum absolute atomic E-state index is 0.144. The quantitative estimate of drug-likeness (QED) is 0.456. The zero-order valence-corrected chi connectivity index (χ0v) is 24.6. The molecule has 0 unspecified atom stereocenters. The molecule has 0 spiro atoms. The number of aryl methyl sites for hydroxylation is 3. The zero-order chi connectivity index (χ0) is 27.7. The molecule has 5 rings (SSSR count). The van der Waals surface area contributed by atoms with Gasteiger partial charge in [0.1, 0.15) is 0 Å². The maximum Gasteiger partial charge on any atom is 0.262 e. The molecule has 210 valence electrons. The summed E-state index contributed by atoms with van der Waals surface area (Å²) in [5.41, 5.74) is 2.55. The summed E-state index contributed by atoms with van der Waals surface area (Å²) in [5, 5.41) is 1.45. The molecule has 1 aromatic heterocycles. The van der Waals surface area contributed by atoms with Crippen LogP contribution in [0.1, 0.15) is 30.4 Å². The lowest BCUT2D eigenvalue weighted by molar-refractivity contribution is -0.133. The second-order valence-electron chi connectivity index (χ2n) is 10.9. The average Bonchev–Trinajstić information content (AvgIpc) is 3.34. The van der Waals surface area contributed by atoms with Gasteiger partial charge in [0.2, 0.25) is 5.91 Å². The van der Waals surface area contributed by atoms with E-state index in [2.05, 4.69) is 21.6 Å². The Bertz CT molecular complexity index is 1460. The summed E-state index contributed by atoms with van der Waals surface area (Å²) in [6.45, 7) is 9.70. The van der Waals surface area contributed by atoms with Crippen LogP contribution in [0.2, 0.25) is 5.02 Å². The molecule has 0 atom stereocenters. The standard InChI is InChI=1S/C29H38ClN5O3S/c1-21-20-27(22(2)19-25(21)30)39(37,38)31-26-6-4-5-23-7-13-35(29(23)26)14-10-28(36)34-17-15-33(16-18-34)24-8-11-32(3)12-9-24/h4-7,13,19-20,24,31H,8-12,14-18H2,1-3H3. The molecular formula is C29H38ClN5O3S. The van der Waals surface area contributed by atoms with Gasteiger partial charge in [0.25, 0.3) is 10.0 Å². The molecule has 0 radical (unpaired) electrons. The van der Waals surface area contributed by atoms with Gasteiger partial charge in [-0.15, -0.1) is 0 Å². The minimum atomic E-state index is -3.84. The molecule has 3 aromatic rings. The number of aromatic nitrogens is 1. The summed E-state index contributed by atoms with van der Waals surface area (Å²) in [6, 6.07) is 11.4. The second kappa shape index (κ2) is 11.5. The summed E-state index contributed by atoms with van der Waals surface area (Å²) in [4.78, 5) is 20.2. The highest BCUT2D eigenvalue weighted by molar-refractivity contribution is 7.92. The van der Waals surface area contributed by atoms with Crippen molar-refractivity contribution in [2.75, 3.05) is 51.0 Å². The number of likely N-dealkylation sites (tertiary alicyclic amines) is 1. The van der Waals surface area contributed by atoms with E-state index in [1.54, 1.807) is 32.0 Å². The van der Waals surface area contributed by atoms with Crippen LogP contribution >= 0.6 is 11.6 Å². The largest absolute Gasteiger partial charge is 0.345 e. The number of halogens is 1. The number of rotatable bonds is 7. The van der Waals surface area contributed by atoms with E-state index in [4.69, 9.17) is 11.6 Å². The van der Waals surface area contributed by atoms with E-state index in [1.807, 2.05) is 33.9 Å². The van der Waals surface area contributed by atoms with Crippen LogP contribution in [0, 0.1) is 13.8 Å². The first-order chi connectivity index (χ1) is 18.6. The van der Waals surface area contributed by atoms with Gasteiger partial charge in [-0.05, 0) is 82.2 Å². The maximum absolute atomic E-state index is 13.4. The second-order valence-corrected chi connectivity index (χ2v) is 13.0. The number of hydrogen-bond acceptors (Lipinski definition) is 5. The lowest BCUT2D eigenvalue weighted by atomic mass is 10.0. The van der Waals surface area contributed by atoms with Gasteiger partial charge in [-0.1, -0.05) is 23.7 Å². The third-order valence-corrected chi connectivity index (χ3v) is 10.1. The first-order valence-electron chi connectivity index (χ1n) is 13.7. The molecular weight excluding hydrogens is 534 g/mol. The lowest BCUT2D eigenvalue weighted by Crippen LogP contribution is -2.54. The molecule has 10 heteroatoms. The first kappa shape index (κ1) is 28.0. The number of anilines is 1. The van der Waals surface area contributed by atoms with Gasteiger partial charge in [-0.2, -0.15) is 0 Å². The monoisotopic (exact) mass is 571 g/mol. The van der Waals surface area contributed by atoms with Gasteiger partial charge in [-0.3, -0.25) is 14.4 Å². The van der Waals surface area contributed by atoms with Crippen molar-refractivity contribution in [1.82, 2.24) is 19.3 Å². The maximum atomic E-state index is 13.4. The van der Waals surface area contributed by atoms with Crippen LogP contribution in [0.5, 0.6) is 0 Å². The summed E-state index contributed by atoms with van der Waals surface area (Å²) in [5.74, 6) is 0.144. The molecule has 0 saturated carbocycles. The lowest BCUT2D eigenvalue weighted by Gasteiger charge is -2.42. The molecule has 2 aliphatic heterocycles. The Morgan fingerprint density at radius 3 is 2.44 bits per heavy atom. The highest BCUT2D eigenvalue weighted by atomic mass is 35.5. The Labute approximate surface area is 236 Å². The fourth-order valence-corrected chi connectivity index (χ4v) is 7.44. The first-order valence-corrected chi connectivity index (χ1v) is 15.6. The molecule has 3 heterocycles.